The van der Waals surface area contributed by atoms with E-state index in [4.69, 9.17) is 4.74 Å². The van der Waals surface area contributed by atoms with Crippen LogP contribution in [-0.2, 0) is 16.6 Å². The Labute approximate surface area is 239 Å². The Balaban J connectivity index is 1.44. The largest absolute Gasteiger partial charge is 0.476 e. The zero-order valence-corrected chi connectivity index (χ0v) is 23.8. The lowest BCUT2D eigenvalue weighted by molar-refractivity contribution is 0.0323. The number of nitrogens with one attached hydrogen (secondary N) is 1. The van der Waals surface area contributed by atoms with Gasteiger partial charge in [-0.2, -0.15) is 4.98 Å². The van der Waals surface area contributed by atoms with Crippen LogP contribution in [0.2, 0.25) is 0 Å². The summed E-state index contributed by atoms with van der Waals surface area (Å²) in [5, 5.41) is 0. The summed E-state index contributed by atoms with van der Waals surface area (Å²) in [6.45, 7) is 6.55. The highest BCUT2D eigenvalue weighted by Crippen LogP contribution is 2.30. The summed E-state index contributed by atoms with van der Waals surface area (Å²) in [5.74, 6) is -0.0554. The minimum absolute atomic E-state index is 0.0387. The number of hydrogen-bond acceptors (Lipinski definition) is 7. The summed E-state index contributed by atoms with van der Waals surface area (Å²) in [7, 11) is -4.08. The highest BCUT2D eigenvalue weighted by Gasteiger charge is 2.32. The first-order valence-electron chi connectivity index (χ1n) is 13.6. The average Bonchev–Trinajstić information content (AvgIpc) is 2.96. The maximum Gasteiger partial charge on any atom is 0.264 e. The Hall–Kier alpha value is -4.28. The molecule has 3 aromatic carbocycles. The van der Waals surface area contributed by atoms with Crippen molar-refractivity contribution in [2.45, 2.75) is 31.3 Å². The van der Waals surface area contributed by atoms with Gasteiger partial charge in [0.05, 0.1) is 16.6 Å². The monoisotopic (exact) mass is 569 g/mol. The molecule has 2 aliphatic heterocycles. The summed E-state index contributed by atoms with van der Waals surface area (Å²) in [6.07, 6.45) is 0. The van der Waals surface area contributed by atoms with Crippen LogP contribution in [0.15, 0.2) is 83.8 Å². The summed E-state index contributed by atoms with van der Waals surface area (Å²) in [4.78, 5) is 26.6. The van der Waals surface area contributed by atoms with Crippen LogP contribution in [0.25, 0.3) is 11.3 Å². The van der Waals surface area contributed by atoms with Crippen molar-refractivity contribution in [3.8, 4) is 17.1 Å². The molecule has 0 aliphatic carbocycles. The number of ether oxygens (including phenoxy) is 1. The second kappa shape index (κ2) is 10.9. The van der Waals surface area contributed by atoms with Gasteiger partial charge in [0.1, 0.15) is 6.61 Å². The first kappa shape index (κ1) is 26.9. The fraction of sp³-hybridized carbons (Fsp3) is 0.258. The number of hydrogen-bond donors (Lipinski definition) is 1. The minimum Gasteiger partial charge on any atom is -0.476 e. The molecule has 210 valence electrons. The van der Waals surface area contributed by atoms with E-state index >= 15 is 0 Å². The van der Waals surface area contributed by atoms with Gasteiger partial charge in [-0.05, 0) is 48.7 Å². The van der Waals surface area contributed by atoms with E-state index in [0.29, 0.717) is 30.9 Å². The van der Waals surface area contributed by atoms with Crippen molar-refractivity contribution in [3.05, 3.63) is 101 Å². The molecule has 1 aromatic heterocycles. The number of fused-ring (bicyclic) bond motifs is 6. The normalized spacial score (nSPS) is 18.6. The lowest BCUT2D eigenvalue weighted by Crippen LogP contribution is -2.56. The topological polar surface area (TPSA) is 105 Å². The van der Waals surface area contributed by atoms with Crippen LogP contribution >= 0.6 is 0 Å². The van der Waals surface area contributed by atoms with Gasteiger partial charge in [-0.15, -0.1) is 0 Å². The number of sulfonamides is 1. The fourth-order valence-electron chi connectivity index (χ4n) is 5.49. The van der Waals surface area contributed by atoms with E-state index in [-0.39, 0.29) is 35.3 Å². The molecule has 3 heterocycles. The van der Waals surface area contributed by atoms with E-state index in [0.717, 1.165) is 23.2 Å². The van der Waals surface area contributed by atoms with E-state index in [1.165, 1.54) is 17.7 Å². The van der Waals surface area contributed by atoms with Crippen molar-refractivity contribution < 1.29 is 17.9 Å². The fourth-order valence-corrected chi connectivity index (χ4v) is 6.48. The zero-order chi connectivity index (χ0) is 28.6. The van der Waals surface area contributed by atoms with E-state index < -0.39 is 10.0 Å². The molecule has 6 bridgehead atoms. The molecule has 0 radical (unpaired) electrons. The molecule has 0 saturated carbocycles. The second-order valence-corrected chi connectivity index (χ2v) is 12.2. The van der Waals surface area contributed by atoms with Crippen LogP contribution in [0.3, 0.4) is 0 Å². The highest BCUT2D eigenvalue weighted by atomic mass is 32.2. The van der Waals surface area contributed by atoms with Crippen LogP contribution in [0.1, 0.15) is 27.0 Å². The predicted octanol–water partition coefficient (Wildman–Crippen LogP) is 4.28. The number of aryl methyl sites for hydroxylation is 2. The van der Waals surface area contributed by atoms with Crippen LogP contribution < -0.4 is 9.46 Å². The minimum atomic E-state index is -4.08. The molecule has 2 aliphatic rings. The van der Waals surface area contributed by atoms with Crippen LogP contribution in [-0.4, -0.2) is 66.4 Å². The number of piperazine rings is 1. The van der Waals surface area contributed by atoms with E-state index in [2.05, 4.69) is 31.7 Å². The van der Waals surface area contributed by atoms with E-state index in [1.54, 1.807) is 23.1 Å². The first-order chi connectivity index (χ1) is 19.8. The van der Waals surface area contributed by atoms with Gasteiger partial charge in [-0.1, -0.05) is 54.6 Å². The molecule has 6 rings (SSSR count). The van der Waals surface area contributed by atoms with Crippen molar-refractivity contribution in [3.63, 3.8) is 0 Å². The molecule has 1 atom stereocenters. The Morgan fingerprint density at radius 2 is 1.68 bits per heavy atom. The molecule has 0 spiro atoms. The van der Waals surface area contributed by atoms with Gasteiger partial charge in [-0.3, -0.25) is 9.69 Å². The van der Waals surface area contributed by atoms with Gasteiger partial charge in [0.25, 0.3) is 15.9 Å². The van der Waals surface area contributed by atoms with Gasteiger partial charge >= 0.3 is 0 Å². The quantitative estimate of drug-likeness (QED) is 0.393. The molecule has 10 heteroatoms. The highest BCUT2D eigenvalue weighted by molar-refractivity contribution is 7.92. The maximum atomic E-state index is 13.5. The third kappa shape index (κ3) is 5.66. The number of carbonyl (C=O) groups is 1. The van der Waals surface area contributed by atoms with Gasteiger partial charge in [0, 0.05) is 43.4 Å². The van der Waals surface area contributed by atoms with Crippen LogP contribution in [0.5, 0.6) is 5.88 Å². The number of anilines is 1. The molecular formula is C31H31N5O4S. The summed E-state index contributed by atoms with van der Waals surface area (Å²) in [6, 6.07) is 23.9. The molecule has 9 nitrogen and oxygen atoms in total. The Morgan fingerprint density at radius 3 is 2.46 bits per heavy atom. The predicted molar refractivity (Wildman–Crippen MR) is 156 cm³/mol. The Morgan fingerprint density at radius 1 is 0.927 bits per heavy atom. The molecule has 41 heavy (non-hydrogen) atoms. The summed E-state index contributed by atoms with van der Waals surface area (Å²) in [5.41, 5.74) is 4.94. The van der Waals surface area contributed by atoms with E-state index in [9.17, 15) is 13.2 Å². The Kier molecular flexibility index (Phi) is 7.19. The van der Waals surface area contributed by atoms with Crippen molar-refractivity contribution in [2.75, 3.05) is 31.0 Å². The molecule has 1 unspecified atom stereocenters. The SMILES string of the molecule is Cc1cccc(C)c1-c1cc2nc(n1)NS(=O)(=O)c1cccc(c1)C(=O)N1CCN(Cc3ccccc3)C(CO2)C1. The lowest BCUT2D eigenvalue weighted by atomic mass is 10.00. The molecule has 4 aromatic rings. The summed E-state index contributed by atoms with van der Waals surface area (Å²) < 4.78 is 35.6. The number of amides is 1. The number of aromatic nitrogens is 2. The van der Waals surface area contributed by atoms with Crippen molar-refractivity contribution in [1.82, 2.24) is 19.8 Å². The molecule has 1 amide bonds. The molecular weight excluding hydrogens is 538 g/mol. The van der Waals surface area contributed by atoms with Crippen LogP contribution in [0.4, 0.5) is 5.95 Å². The number of rotatable bonds is 3. The first-order valence-corrected chi connectivity index (χ1v) is 15.0. The van der Waals surface area contributed by atoms with Gasteiger partial charge < -0.3 is 9.64 Å². The smallest absolute Gasteiger partial charge is 0.264 e. The Bertz CT molecular complexity index is 1690. The van der Waals surface area contributed by atoms with Crippen molar-refractivity contribution >= 4 is 21.9 Å². The molecule has 1 fully saturated rings. The lowest BCUT2D eigenvalue weighted by Gasteiger charge is -2.41. The third-order valence-corrected chi connectivity index (χ3v) is 8.93. The van der Waals surface area contributed by atoms with Gasteiger partial charge in [0.15, 0.2) is 0 Å². The van der Waals surface area contributed by atoms with Gasteiger partial charge in [0.2, 0.25) is 11.8 Å². The van der Waals surface area contributed by atoms with Gasteiger partial charge in [-0.25, -0.2) is 18.1 Å². The van der Waals surface area contributed by atoms with Crippen molar-refractivity contribution in [1.29, 1.82) is 0 Å². The zero-order valence-electron chi connectivity index (χ0n) is 22.9. The average molecular weight is 570 g/mol. The number of carbonyl (C=O) groups excluding carboxylic acids is 1. The maximum absolute atomic E-state index is 13.5. The standard InChI is InChI=1S/C31H31N5O4S/c1-21-8-6-9-22(2)29(21)27-17-28-33-31(32-27)34-41(38,39)26-13-7-12-24(16-26)30(37)36-15-14-35(25(19-36)20-40-28)18-23-10-4-3-5-11-23/h3-13,16-17,25H,14-15,18-20H2,1-2H3,(H,32,33,34). The second-order valence-electron chi connectivity index (χ2n) is 10.5. The number of benzene rings is 3. The third-order valence-electron chi connectivity index (χ3n) is 7.60. The summed E-state index contributed by atoms with van der Waals surface area (Å²) >= 11 is 0. The van der Waals surface area contributed by atoms with Crippen LogP contribution in [0, 0.1) is 13.8 Å². The van der Waals surface area contributed by atoms with E-state index in [1.807, 2.05) is 50.2 Å². The molecule has 1 N–H and O–H groups in total. The molecule has 1 saturated heterocycles. The number of nitrogens with zero attached hydrogens (tertiary/aromatic N) is 4. The van der Waals surface area contributed by atoms with Crippen molar-refractivity contribution in [2.24, 2.45) is 0 Å².